The van der Waals surface area contributed by atoms with Crippen molar-refractivity contribution in [1.82, 2.24) is 9.88 Å². The molecular formula is C18H21FN2O4. The molecule has 3 rings (SSSR count). The molecule has 6 nitrogen and oxygen atoms in total. The predicted octanol–water partition coefficient (Wildman–Crippen LogP) is 2.02. The SMILES string of the molecule is O=C(CCc1ncc(-c2ccccc2F)o1)N1CCOCC1CCO. The number of aliphatic hydroxyl groups is 1. The van der Waals surface area contributed by atoms with Crippen LogP contribution in [0.4, 0.5) is 4.39 Å². The van der Waals surface area contributed by atoms with E-state index in [4.69, 9.17) is 14.3 Å². The van der Waals surface area contributed by atoms with Gasteiger partial charge in [-0.05, 0) is 18.6 Å². The van der Waals surface area contributed by atoms with Gasteiger partial charge in [-0.3, -0.25) is 4.79 Å². The van der Waals surface area contributed by atoms with Crippen LogP contribution in [0.3, 0.4) is 0 Å². The fourth-order valence-corrected chi connectivity index (χ4v) is 2.94. The lowest BCUT2D eigenvalue weighted by Crippen LogP contribution is -2.49. The number of ether oxygens (including phenoxy) is 1. The molecule has 25 heavy (non-hydrogen) atoms. The Labute approximate surface area is 145 Å². The van der Waals surface area contributed by atoms with Crippen LogP contribution in [0, 0.1) is 5.82 Å². The summed E-state index contributed by atoms with van der Waals surface area (Å²) in [7, 11) is 0. The fraction of sp³-hybridized carbons (Fsp3) is 0.444. The Balaban J connectivity index is 1.60. The second-order valence-electron chi connectivity index (χ2n) is 5.93. The fourth-order valence-electron chi connectivity index (χ4n) is 2.94. The van der Waals surface area contributed by atoms with Crippen molar-refractivity contribution in [3.63, 3.8) is 0 Å². The molecule has 0 radical (unpaired) electrons. The zero-order valence-electron chi connectivity index (χ0n) is 13.9. The van der Waals surface area contributed by atoms with Crippen molar-refractivity contribution < 1.29 is 23.4 Å². The van der Waals surface area contributed by atoms with Crippen molar-refractivity contribution in [3.8, 4) is 11.3 Å². The first-order chi connectivity index (χ1) is 12.2. The van der Waals surface area contributed by atoms with Gasteiger partial charge in [0, 0.05) is 26.0 Å². The van der Waals surface area contributed by atoms with Crippen molar-refractivity contribution in [2.75, 3.05) is 26.4 Å². The summed E-state index contributed by atoms with van der Waals surface area (Å²) in [5.74, 6) is 0.359. The van der Waals surface area contributed by atoms with Crippen LogP contribution in [-0.2, 0) is 16.0 Å². The number of aliphatic hydroxyl groups excluding tert-OH is 1. The molecule has 1 fully saturated rings. The third kappa shape index (κ3) is 4.24. The molecule has 1 unspecified atom stereocenters. The number of carbonyl (C=O) groups excluding carboxylic acids is 1. The Morgan fingerprint density at radius 3 is 3.04 bits per heavy atom. The van der Waals surface area contributed by atoms with Crippen LogP contribution >= 0.6 is 0 Å². The lowest BCUT2D eigenvalue weighted by Gasteiger charge is -2.35. The third-order valence-electron chi connectivity index (χ3n) is 4.26. The molecule has 0 aliphatic carbocycles. The van der Waals surface area contributed by atoms with Crippen LogP contribution in [0.2, 0.25) is 0 Å². The molecular weight excluding hydrogens is 327 g/mol. The monoisotopic (exact) mass is 348 g/mol. The van der Waals surface area contributed by atoms with E-state index in [1.54, 1.807) is 23.1 Å². The number of hydrogen-bond acceptors (Lipinski definition) is 5. The van der Waals surface area contributed by atoms with Gasteiger partial charge in [0.15, 0.2) is 11.7 Å². The quantitative estimate of drug-likeness (QED) is 0.864. The molecule has 1 aromatic heterocycles. The summed E-state index contributed by atoms with van der Waals surface area (Å²) in [6.45, 7) is 1.49. The Kier molecular flexibility index (Phi) is 5.78. The van der Waals surface area contributed by atoms with E-state index in [2.05, 4.69) is 4.98 Å². The smallest absolute Gasteiger partial charge is 0.223 e. The maximum atomic E-state index is 13.8. The van der Waals surface area contributed by atoms with Crippen LogP contribution in [0.15, 0.2) is 34.9 Å². The minimum atomic E-state index is -0.374. The van der Waals surface area contributed by atoms with Gasteiger partial charge in [0.05, 0.1) is 31.0 Å². The molecule has 1 atom stereocenters. The van der Waals surface area contributed by atoms with E-state index in [1.807, 2.05) is 0 Å². The van der Waals surface area contributed by atoms with Gasteiger partial charge >= 0.3 is 0 Å². The summed E-state index contributed by atoms with van der Waals surface area (Å²) < 4.78 is 24.7. The minimum Gasteiger partial charge on any atom is -0.441 e. The number of rotatable bonds is 6. The number of aromatic nitrogens is 1. The molecule has 0 saturated carbocycles. The number of halogens is 1. The van der Waals surface area contributed by atoms with Crippen molar-refractivity contribution in [2.24, 2.45) is 0 Å². The molecule has 0 spiro atoms. The average Bonchev–Trinajstić information content (AvgIpc) is 3.09. The number of nitrogens with zero attached hydrogens (tertiary/aromatic N) is 2. The van der Waals surface area contributed by atoms with Crippen LogP contribution in [0.25, 0.3) is 11.3 Å². The number of amides is 1. The average molecular weight is 348 g/mol. The minimum absolute atomic E-state index is 0.0174. The highest BCUT2D eigenvalue weighted by Gasteiger charge is 2.26. The number of oxazole rings is 1. The van der Waals surface area contributed by atoms with Crippen LogP contribution in [0.5, 0.6) is 0 Å². The van der Waals surface area contributed by atoms with Gasteiger partial charge in [0.25, 0.3) is 0 Å². The maximum absolute atomic E-state index is 13.8. The molecule has 1 aliphatic heterocycles. The summed E-state index contributed by atoms with van der Waals surface area (Å²) in [5, 5.41) is 9.11. The second kappa shape index (κ2) is 8.22. The van der Waals surface area contributed by atoms with E-state index in [0.29, 0.717) is 49.8 Å². The van der Waals surface area contributed by atoms with Gasteiger partial charge in [-0.2, -0.15) is 0 Å². The van der Waals surface area contributed by atoms with E-state index in [0.717, 1.165) is 0 Å². The Bertz CT molecular complexity index is 717. The third-order valence-corrected chi connectivity index (χ3v) is 4.26. The predicted molar refractivity (Wildman–Crippen MR) is 88.2 cm³/mol. The van der Waals surface area contributed by atoms with Gasteiger partial charge in [0.2, 0.25) is 5.91 Å². The first kappa shape index (κ1) is 17.6. The van der Waals surface area contributed by atoms with Crippen molar-refractivity contribution >= 4 is 5.91 Å². The van der Waals surface area contributed by atoms with E-state index in [9.17, 15) is 9.18 Å². The van der Waals surface area contributed by atoms with Gasteiger partial charge in [0.1, 0.15) is 5.82 Å². The van der Waals surface area contributed by atoms with Gasteiger partial charge in [-0.15, -0.1) is 0 Å². The Hall–Kier alpha value is -2.25. The highest BCUT2D eigenvalue weighted by atomic mass is 19.1. The molecule has 1 aliphatic rings. The molecule has 2 aromatic rings. The van der Waals surface area contributed by atoms with E-state index >= 15 is 0 Å². The summed E-state index contributed by atoms with van der Waals surface area (Å²) in [4.78, 5) is 18.3. The maximum Gasteiger partial charge on any atom is 0.223 e. The first-order valence-electron chi connectivity index (χ1n) is 8.36. The molecule has 1 aromatic carbocycles. The Morgan fingerprint density at radius 2 is 2.24 bits per heavy atom. The van der Waals surface area contributed by atoms with Gasteiger partial charge in [-0.25, -0.2) is 9.37 Å². The topological polar surface area (TPSA) is 75.8 Å². The highest BCUT2D eigenvalue weighted by molar-refractivity contribution is 5.76. The van der Waals surface area contributed by atoms with E-state index < -0.39 is 0 Å². The number of carbonyl (C=O) groups is 1. The normalized spacial score (nSPS) is 17.7. The van der Waals surface area contributed by atoms with Gasteiger partial charge in [-0.1, -0.05) is 12.1 Å². The zero-order valence-corrected chi connectivity index (χ0v) is 13.9. The second-order valence-corrected chi connectivity index (χ2v) is 5.93. The molecule has 1 N–H and O–H groups in total. The summed E-state index contributed by atoms with van der Waals surface area (Å²) in [6.07, 6.45) is 2.57. The lowest BCUT2D eigenvalue weighted by molar-refractivity contribution is -0.140. The number of hydrogen-bond donors (Lipinski definition) is 1. The molecule has 2 heterocycles. The number of benzene rings is 1. The van der Waals surface area contributed by atoms with Crippen LogP contribution in [0.1, 0.15) is 18.7 Å². The Morgan fingerprint density at radius 1 is 1.40 bits per heavy atom. The summed E-state index contributed by atoms with van der Waals surface area (Å²) >= 11 is 0. The van der Waals surface area contributed by atoms with Crippen LogP contribution < -0.4 is 0 Å². The lowest BCUT2D eigenvalue weighted by atomic mass is 10.1. The standard InChI is InChI=1S/C18H21FN2O4/c19-15-4-2-1-3-14(15)16-11-20-17(25-16)5-6-18(23)21-8-10-24-12-13(21)7-9-22/h1-4,11,13,22H,5-10,12H2. The number of aryl methyl sites for hydroxylation is 1. The molecule has 7 heteroatoms. The van der Waals surface area contributed by atoms with Crippen molar-refractivity contribution in [3.05, 3.63) is 42.2 Å². The van der Waals surface area contributed by atoms with Gasteiger partial charge < -0.3 is 19.2 Å². The van der Waals surface area contributed by atoms with Crippen LogP contribution in [-0.4, -0.2) is 53.3 Å². The molecule has 0 bridgehead atoms. The van der Waals surface area contributed by atoms with E-state index in [-0.39, 0.29) is 30.8 Å². The number of morpholine rings is 1. The molecule has 134 valence electrons. The largest absolute Gasteiger partial charge is 0.441 e. The summed E-state index contributed by atoms with van der Waals surface area (Å²) in [6, 6.07) is 6.23. The first-order valence-corrected chi connectivity index (χ1v) is 8.36. The highest BCUT2D eigenvalue weighted by Crippen LogP contribution is 2.23. The zero-order chi connectivity index (χ0) is 17.6. The molecule has 1 amide bonds. The van der Waals surface area contributed by atoms with Crippen molar-refractivity contribution in [2.45, 2.75) is 25.3 Å². The molecule has 1 saturated heterocycles. The van der Waals surface area contributed by atoms with E-state index in [1.165, 1.54) is 12.3 Å². The summed E-state index contributed by atoms with van der Waals surface area (Å²) in [5.41, 5.74) is 0.351. The van der Waals surface area contributed by atoms with Crippen molar-refractivity contribution in [1.29, 1.82) is 0 Å².